The molecule has 2 aromatic rings. The fraction of sp³-hybridized carbons (Fsp3) is 0.333. The monoisotopic (exact) mass is 290 g/mol. The number of carboxylic acid groups (broad SMARTS) is 1. The normalized spacial score (nSPS) is 10.6. The van der Waals surface area contributed by atoms with Crippen molar-refractivity contribution in [1.82, 2.24) is 5.16 Å². The predicted octanol–water partition coefficient (Wildman–Crippen LogP) is 2.22. The number of nitrogens with zero attached hydrogens (tertiary/aromatic N) is 2. The van der Waals surface area contributed by atoms with E-state index in [0.717, 1.165) is 11.3 Å². The molecule has 0 radical (unpaired) electrons. The van der Waals surface area contributed by atoms with Crippen LogP contribution in [0.15, 0.2) is 34.9 Å². The summed E-state index contributed by atoms with van der Waals surface area (Å²) in [6.45, 7) is 2.59. The molecule has 0 unspecified atom stereocenters. The van der Waals surface area contributed by atoms with Crippen LogP contribution in [0.5, 0.6) is 0 Å². The molecule has 6 heteroatoms. The average Bonchev–Trinajstić information content (AvgIpc) is 2.86. The van der Waals surface area contributed by atoms with E-state index in [-0.39, 0.29) is 6.54 Å². The van der Waals surface area contributed by atoms with Gasteiger partial charge in [0.25, 0.3) is 0 Å². The zero-order chi connectivity index (χ0) is 15.2. The number of methoxy groups -OCH3 is 1. The zero-order valence-corrected chi connectivity index (χ0v) is 12.1. The smallest absolute Gasteiger partial charge is 0.323 e. The first-order valence-corrected chi connectivity index (χ1v) is 6.55. The number of carbonyl (C=O) groups is 1. The second kappa shape index (κ2) is 6.90. The van der Waals surface area contributed by atoms with Crippen LogP contribution in [-0.4, -0.2) is 29.9 Å². The van der Waals surface area contributed by atoms with Crippen molar-refractivity contribution >= 4 is 11.7 Å². The largest absolute Gasteiger partial charge is 0.480 e. The Kier molecular flexibility index (Phi) is 4.94. The number of aryl methyl sites for hydroxylation is 1. The molecule has 1 aromatic carbocycles. The molecule has 1 N–H and O–H groups in total. The molecule has 1 aromatic heterocycles. The first-order chi connectivity index (χ1) is 10.1. The number of benzene rings is 1. The van der Waals surface area contributed by atoms with Crippen molar-refractivity contribution in [3.8, 4) is 0 Å². The Morgan fingerprint density at radius 1 is 1.38 bits per heavy atom. The van der Waals surface area contributed by atoms with Crippen molar-refractivity contribution in [2.24, 2.45) is 0 Å². The van der Waals surface area contributed by atoms with E-state index in [0.29, 0.717) is 24.6 Å². The van der Waals surface area contributed by atoms with Crippen LogP contribution in [-0.2, 0) is 22.7 Å². The van der Waals surface area contributed by atoms with Gasteiger partial charge in [0, 0.05) is 18.9 Å². The summed E-state index contributed by atoms with van der Waals surface area (Å²) >= 11 is 0. The summed E-state index contributed by atoms with van der Waals surface area (Å²) in [5, 5.41) is 13.0. The molecule has 0 saturated carbocycles. The first kappa shape index (κ1) is 15.1. The van der Waals surface area contributed by atoms with Crippen LogP contribution >= 0.6 is 0 Å². The van der Waals surface area contributed by atoms with Gasteiger partial charge in [-0.1, -0.05) is 22.9 Å². The number of anilines is 1. The summed E-state index contributed by atoms with van der Waals surface area (Å²) in [7, 11) is 1.57. The summed E-state index contributed by atoms with van der Waals surface area (Å²) < 4.78 is 10.1. The summed E-state index contributed by atoms with van der Waals surface area (Å²) in [4.78, 5) is 12.8. The van der Waals surface area contributed by atoms with Crippen LogP contribution in [0.2, 0.25) is 0 Å². The van der Waals surface area contributed by atoms with Crippen LogP contribution < -0.4 is 4.90 Å². The number of aromatic nitrogens is 1. The highest BCUT2D eigenvalue weighted by molar-refractivity contribution is 5.73. The highest BCUT2D eigenvalue weighted by Gasteiger charge is 2.14. The number of hydrogen-bond acceptors (Lipinski definition) is 5. The molecule has 0 aliphatic rings. The lowest BCUT2D eigenvalue weighted by Gasteiger charge is -2.21. The van der Waals surface area contributed by atoms with Gasteiger partial charge in [-0.15, -0.1) is 0 Å². The van der Waals surface area contributed by atoms with E-state index >= 15 is 0 Å². The number of rotatable bonds is 7. The lowest BCUT2D eigenvalue weighted by atomic mass is 10.2. The van der Waals surface area contributed by atoms with Gasteiger partial charge in [-0.3, -0.25) is 4.79 Å². The van der Waals surface area contributed by atoms with Gasteiger partial charge in [-0.2, -0.15) is 0 Å². The van der Waals surface area contributed by atoms with E-state index in [1.807, 2.05) is 31.2 Å². The highest BCUT2D eigenvalue weighted by atomic mass is 16.5. The fourth-order valence-electron chi connectivity index (χ4n) is 1.99. The van der Waals surface area contributed by atoms with E-state index in [1.54, 1.807) is 18.1 Å². The number of carboxylic acids is 1. The average molecular weight is 290 g/mol. The predicted molar refractivity (Wildman–Crippen MR) is 77.1 cm³/mol. The summed E-state index contributed by atoms with van der Waals surface area (Å²) in [5.41, 5.74) is 2.63. The third kappa shape index (κ3) is 4.32. The molecule has 0 spiro atoms. The summed E-state index contributed by atoms with van der Waals surface area (Å²) in [5.74, 6) is -0.275. The SMILES string of the molecule is COCc1cc(CN(CC(=O)O)c2ccc(C)cc2)no1. The second-order valence-electron chi connectivity index (χ2n) is 4.80. The quantitative estimate of drug-likeness (QED) is 0.842. The number of ether oxygens (including phenoxy) is 1. The van der Waals surface area contributed by atoms with Crippen LogP contribution in [0.4, 0.5) is 5.69 Å². The molecule has 112 valence electrons. The third-order valence-electron chi connectivity index (χ3n) is 2.97. The maximum atomic E-state index is 11.0. The van der Waals surface area contributed by atoms with Gasteiger partial charge in [0.2, 0.25) is 0 Å². The zero-order valence-electron chi connectivity index (χ0n) is 12.1. The molecule has 0 aliphatic carbocycles. The van der Waals surface area contributed by atoms with Crippen molar-refractivity contribution < 1.29 is 19.2 Å². The van der Waals surface area contributed by atoms with Gasteiger partial charge in [0.15, 0.2) is 5.76 Å². The Labute approximate surface area is 122 Å². The Morgan fingerprint density at radius 3 is 2.71 bits per heavy atom. The standard InChI is InChI=1S/C15H18N2O4/c1-11-3-5-13(6-4-11)17(9-15(18)19)8-12-7-14(10-20-2)21-16-12/h3-7H,8-10H2,1-2H3,(H,18,19). The first-order valence-electron chi connectivity index (χ1n) is 6.55. The molecular weight excluding hydrogens is 272 g/mol. The van der Waals surface area contributed by atoms with Crippen molar-refractivity contribution in [3.05, 3.63) is 47.3 Å². The lowest BCUT2D eigenvalue weighted by molar-refractivity contribution is -0.135. The van der Waals surface area contributed by atoms with E-state index < -0.39 is 5.97 Å². The van der Waals surface area contributed by atoms with Crippen molar-refractivity contribution in [2.45, 2.75) is 20.1 Å². The Morgan fingerprint density at radius 2 is 2.10 bits per heavy atom. The molecule has 6 nitrogen and oxygen atoms in total. The van der Waals surface area contributed by atoms with Gasteiger partial charge in [-0.05, 0) is 19.1 Å². The van der Waals surface area contributed by atoms with Gasteiger partial charge >= 0.3 is 5.97 Å². The molecule has 0 amide bonds. The molecule has 1 heterocycles. The molecular formula is C15H18N2O4. The Hall–Kier alpha value is -2.34. The Bertz CT molecular complexity index is 592. The van der Waals surface area contributed by atoms with Crippen molar-refractivity contribution in [2.75, 3.05) is 18.6 Å². The molecule has 0 fully saturated rings. The number of aliphatic carboxylic acids is 1. The van der Waals surface area contributed by atoms with E-state index in [2.05, 4.69) is 5.16 Å². The van der Waals surface area contributed by atoms with Gasteiger partial charge < -0.3 is 19.3 Å². The van der Waals surface area contributed by atoms with Gasteiger partial charge in [0.1, 0.15) is 18.8 Å². The van der Waals surface area contributed by atoms with Crippen LogP contribution in [0.3, 0.4) is 0 Å². The molecule has 0 aliphatic heterocycles. The van der Waals surface area contributed by atoms with Crippen LogP contribution in [0, 0.1) is 6.92 Å². The molecule has 0 bridgehead atoms. The van der Waals surface area contributed by atoms with Crippen LogP contribution in [0.1, 0.15) is 17.0 Å². The van der Waals surface area contributed by atoms with Crippen molar-refractivity contribution in [1.29, 1.82) is 0 Å². The molecule has 2 rings (SSSR count). The molecule has 21 heavy (non-hydrogen) atoms. The maximum absolute atomic E-state index is 11.0. The maximum Gasteiger partial charge on any atom is 0.323 e. The van der Waals surface area contributed by atoms with E-state index in [1.165, 1.54) is 0 Å². The topological polar surface area (TPSA) is 75.8 Å². The lowest BCUT2D eigenvalue weighted by Crippen LogP contribution is -2.29. The third-order valence-corrected chi connectivity index (χ3v) is 2.97. The van der Waals surface area contributed by atoms with E-state index in [4.69, 9.17) is 14.4 Å². The summed E-state index contributed by atoms with van der Waals surface area (Å²) in [6.07, 6.45) is 0. The van der Waals surface area contributed by atoms with Gasteiger partial charge in [-0.25, -0.2) is 0 Å². The molecule has 0 saturated heterocycles. The van der Waals surface area contributed by atoms with Crippen LogP contribution in [0.25, 0.3) is 0 Å². The minimum absolute atomic E-state index is 0.102. The molecule has 0 atom stereocenters. The minimum atomic E-state index is -0.892. The Balaban J connectivity index is 2.15. The van der Waals surface area contributed by atoms with Crippen molar-refractivity contribution in [3.63, 3.8) is 0 Å². The van der Waals surface area contributed by atoms with E-state index in [9.17, 15) is 4.79 Å². The number of hydrogen-bond donors (Lipinski definition) is 1. The minimum Gasteiger partial charge on any atom is -0.480 e. The summed E-state index contributed by atoms with van der Waals surface area (Å²) in [6, 6.07) is 9.46. The fourth-order valence-corrected chi connectivity index (χ4v) is 1.99. The second-order valence-corrected chi connectivity index (χ2v) is 4.80. The van der Waals surface area contributed by atoms with Gasteiger partial charge in [0.05, 0.1) is 6.54 Å². The highest BCUT2D eigenvalue weighted by Crippen LogP contribution is 2.18.